The maximum Gasteiger partial charge on any atom is 0.319 e. The number of nitrogens with zero attached hydrogens (tertiary/aromatic N) is 3. The molecular weight excluding hydrogens is 338 g/mol. The lowest BCUT2D eigenvalue weighted by molar-refractivity contribution is 0.252. The summed E-state index contributed by atoms with van der Waals surface area (Å²) in [5.74, 6) is 0.858. The maximum atomic E-state index is 11.8. The largest absolute Gasteiger partial charge is 0.338 e. The zero-order chi connectivity index (χ0) is 18.0. The highest BCUT2D eigenvalue weighted by Crippen LogP contribution is 2.23. The number of aromatic nitrogens is 3. The van der Waals surface area contributed by atoms with E-state index in [4.69, 9.17) is 11.6 Å². The molecule has 2 N–H and O–H groups in total. The summed E-state index contributed by atoms with van der Waals surface area (Å²) in [6.45, 7) is 6.88. The Morgan fingerprint density at radius 1 is 1.24 bits per heavy atom. The number of aryl methyl sites for hydroxylation is 2. The van der Waals surface area contributed by atoms with Gasteiger partial charge in [-0.2, -0.15) is 0 Å². The van der Waals surface area contributed by atoms with Crippen molar-refractivity contribution in [1.82, 2.24) is 19.9 Å². The van der Waals surface area contributed by atoms with Crippen molar-refractivity contribution in [1.29, 1.82) is 0 Å². The van der Waals surface area contributed by atoms with Crippen LogP contribution in [0.15, 0.2) is 30.3 Å². The molecule has 0 aliphatic rings. The Hall–Kier alpha value is -2.60. The molecule has 0 fully saturated rings. The van der Waals surface area contributed by atoms with Gasteiger partial charge in [-0.3, -0.25) is 0 Å². The van der Waals surface area contributed by atoms with E-state index in [0.29, 0.717) is 23.8 Å². The smallest absolute Gasteiger partial charge is 0.319 e. The summed E-state index contributed by atoms with van der Waals surface area (Å²) in [7, 11) is 0. The number of urea groups is 1. The van der Waals surface area contributed by atoms with Gasteiger partial charge in [0.2, 0.25) is 0 Å². The number of halogens is 1. The third-order valence-electron chi connectivity index (χ3n) is 3.92. The van der Waals surface area contributed by atoms with Gasteiger partial charge < -0.3 is 15.2 Å². The SMILES string of the molecule is CCNC(=O)Nc1cc2nc(C)n(Cc3cccc(Cl)c3)c2nc1C. The molecule has 0 bridgehead atoms. The lowest BCUT2D eigenvalue weighted by Gasteiger charge is -2.10. The van der Waals surface area contributed by atoms with Gasteiger partial charge in [0.1, 0.15) is 11.3 Å². The molecule has 0 saturated carbocycles. The molecule has 3 rings (SSSR count). The van der Waals surface area contributed by atoms with Crippen molar-refractivity contribution in [2.75, 3.05) is 11.9 Å². The van der Waals surface area contributed by atoms with Crippen LogP contribution in [0, 0.1) is 13.8 Å². The fourth-order valence-corrected chi connectivity index (χ4v) is 2.92. The predicted octanol–water partition coefficient (Wildman–Crippen LogP) is 3.89. The summed E-state index contributed by atoms with van der Waals surface area (Å²) >= 11 is 6.08. The van der Waals surface area contributed by atoms with Crippen LogP contribution in [0.5, 0.6) is 0 Å². The van der Waals surface area contributed by atoms with Gasteiger partial charge in [0.15, 0.2) is 5.65 Å². The van der Waals surface area contributed by atoms with Gasteiger partial charge in [-0.25, -0.2) is 14.8 Å². The van der Waals surface area contributed by atoms with Crippen LogP contribution >= 0.6 is 11.6 Å². The van der Waals surface area contributed by atoms with Crippen LogP contribution in [0.1, 0.15) is 24.0 Å². The van der Waals surface area contributed by atoms with Crippen LogP contribution in [0.4, 0.5) is 10.5 Å². The highest BCUT2D eigenvalue weighted by molar-refractivity contribution is 6.30. The lowest BCUT2D eigenvalue weighted by atomic mass is 10.2. The molecule has 0 radical (unpaired) electrons. The molecule has 0 aliphatic heterocycles. The van der Waals surface area contributed by atoms with E-state index < -0.39 is 0 Å². The zero-order valence-corrected chi connectivity index (χ0v) is 15.2. The molecule has 2 aromatic heterocycles. The molecule has 0 spiro atoms. The Labute approximate surface area is 151 Å². The van der Waals surface area contributed by atoms with E-state index in [-0.39, 0.29) is 6.03 Å². The summed E-state index contributed by atoms with van der Waals surface area (Å²) in [6, 6.07) is 9.35. The summed E-state index contributed by atoms with van der Waals surface area (Å²) in [5, 5.41) is 6.22. The Bertz CT molecular complexity index is 935. The minimum absolute atomic E-state index is 0.248. The molecular formula is C18H20ClN5O. The molecule has 6 nitrogen and oxygen atoms in total. The van der Waals surface area contributed by atoms with Gasteiger partial charge in [-0.15, -0.1) is 0 Å². The Morgan fingerprint density at radius 3 is 2.76 bits per heavy atom. The number of nitrogens with one attached hydrogen (secondary N) is 2. The van der Waals surface area contributed by atoms with Gasteiger partial charge in [-0.1, -0.05) is 23.7 Å². The summed E-state index contributed by atoms with van der Waals surface area (Å²) in [4.78, 5) is 21.0. The highest BCUT2D eigenvalue weighted by Gasteiger charge is 2.13. The summed E-state index contributed by atoms with van der Waals surface area (Å²) in [5.41, 5.74) is 4.02. The van der Waals surface area contributed by atoms with E-state index in [1.165, 1.54) is 0 Å². The quantitative estimate of drug-likeness (QED) is 0.744. The molecule has 25 heavy (non-hydrogen) atoms. The molecule has 2 amide bonds. The fraction of sp³-hybridized carbons (Fsp3) is 0.278. The van der Waals surface area contributed by atoms with Crippen LogP contribution in [-0.4, -0.2) is 27.1 Å². The molecule has 2 heterocycles. The Balaban J connectivity index is 1.97. The third-order valence-corrected chi connectivity index (χ3v) is 4.15. The molecule has 1 aromatic carbocycles. The number of amides is 2. The summed E-state index contributed by atoms with van der Waals surface area (Å²) < 4.78 is 2.05. The highest BCUT2D eigenvalue weighted by atomic mass is 35.5. The monoisotopic (exact) mass is 357 g/mol. The number of anilines is 1. The van der Waals surface area contributed by atoms with Crippen molar-refractivity contribution in [2.24, 2.45) is 0 Å². The molecule has 0 aliphatic carbocycles. The number of hydrogen-bond acceptors (Lipinski definition) is 3. The molecule has 0 unspecified atom stereocenters. The first-order chi connectivity index (χ1) is 12.0. The normalized spacial score (nSPS) is 10.9. The van der Waals surface area contributed by atoms with Crippen LogP contribution in [0.2, 0.25) is 5.02 Å². The molecule has 0 atom stereocenters. The van der Waals surface area contributed by atoms with Gasteiger partial charge >= 0.3 is 6.03 Å². The first kappa shape index (κ1) is 17.2. The Kier molecular flexibility index (Phi) is 4.90. The fourth-order valence-electron chi connectivity index (χ4n) is 2.71. The predicted molar refractivity (Wildman–Crippen MR) is 100 cm³/mol. The molecule has 130 valence electrons. The van der Waals surface area contributed by atoms with E-state index in [9.17, 15) is 4.79 Å². The second kappa shape index (κ2) is 7.11. The first-order valence-electron chi connectivity index (χ1n) is 8.11. The number of hydrogen-bond donors (Lipinski definition) is 2. The molecule has 3 aromatic rings. The number of rotatable bonds is 4. The van der Waals surface area contributed by atoms with E-state index in [0.717, 1.165) is 28.2 Å². The molecule has 0 saturated heterocycles. The first-order valence-corrected chi connectivity index (χ1v) is 8.49. The third kappa shape index (κ3) is 3.74. The second-order valence-electron chi connectivity index (χ2n) is 5.82. The second-order valence-corrected chi connectivity index (χ2v) is 6.26. The topological polar surface area (TPSA) is 71.8 Å². The number of benzene rings is 1. The number of imidazole rings is 1. The molecule has 7 heteroatoms. The van der Waals surface area contributed by atoms with Crippen molar-refractivity contribution in [3.05, 3.63) is 52.4 Å². The van der Waals surface area contributed by atoms with E-state index in [1.54, 1.807) is 0 Å². The summed E-state index contributed by atoms with van der Waals surface area (Å²) in [6.07, 6.45) is 0. The van der Waals surface area contributed by atoms with Gasteiger partial charge in [-0.05, 0) is 44.5 Å². The minimum atomic E-state index is -0.248. The van der Waals surface area contributed by atoms with Crippen molar-refractivity contribution in [2.45, 2.75) is 27.3 Å². The van der Waals surface area contributed by atoms with E-state index >= 15 is 0 Å². The van der Waals surface area contributed by atoms with Crippen molar-refractivity contribution in [3.63, 3.8) is 0 Å². The van der Waals surface area contributed by atoms with Gasteiger partial charge in [0.05, 0.1) is 17.9 Å². The number of pyridine rings is 1. The number of fused-ring (bicyclic) bond motifs is 1. The lowest BCUT2D eigenvalue weighted by Crippen LogP contribution is -2.28. The van der Waals surface area contributed by atoms with Crippen LogP contribution in [-0.2, 0) is 6.54 Å². The standard InChI is InChI=1S/C18H20ClN5O/c1-4-20-18(25)23-15-9-16-17(21-11(15)2)24(12(3)22-16)10-13-6-5-7-14(19)8-13/h5-9H,4,10H2,1-3H3,(H2,20,23,25). The average molecular weight is 358 g/mol. The van der Waals surface area contributed by atoms with Crippen LogP contribution < -0.4 is 10.6 Å². The van der Waals surface area contributed by atoms with Gasteiger partial charge in [0.25, 0.3) is 0 Å². The van der Waals surface area contributed by atoms with Crippen LogP contribution in [0.25, 0.3) is 11.2 Å². The van der Waals surface area contributed by atoms with E-state index in [2.05, 4.69) is 20.6 Å². The minimum Gasteiger partial charge on any atom is -0.338 e. The number of carbonyl (C=O) groups excluding carboxylic acids is 1. The van der Waals surface area contributed by atoms with Crippen LogP contribution in [0.3, 0.4) is 0 Å². The maximum absolute atomic E-state index is 11.8. The average Bonchev–Trinajstić information content (AvgIpc) is 2.83. The van der Waals surface area contributed by atoms with Crippen molar-refractivity contribution < 1.29 is 4.79 Å². The zero-order valence-electron chi connectivity index (χ0n) is 14.4. The van der Waals surface area contributed by atoms with Crippen molar-refractivity contribution in [3.8, 4) is 0 Å². The Morgan fingerprint density at radius 2 is 2.04 bits per heavy atom. The van der Waals surface area contributed by atoms with Crippen molar-refractivity contribution >= 4 is 34.5 Å². The van der Waals surface area contributed by atoms with E-state index in [1.807, 2.05) is 55.7 Å². The number of carbonyl (C=O) groups is 1. The van der Waals surface area contributed by atoms with Gasteiger partial charge in [0, 0.05) is 11.6 Å².